The fourth-order valence-electron chi connectivity index (χ4n) is 3.97. The first-order valence-electron chi connectivity index (χ1n) is 10.8. The van der Waals surface area contributed by atoms with Gasteiger partial charge in [0.1, 0.15) is 0 Å². The van der Waals surface area contributed by atoms with Crippen LogP contribution in [0, 0.1) is 0 Å². The summed E-state index contributed by atoms with van der Waals surface area (Å²) in [6, 6.07) is 15.5. The minimum Gasteiger partial charge on any atom is -0.394 e. The third-order valence-corrected chi connectivity index (χ3v) is 8.26. The van der Waals surface area contributed by atoms with Crippen molar-refractivity contribution in [1.29, 1.82) is 0 Å². The van der Waals surface area contributed by atoms with Gasteiger partial charge < -0.3 is 30.2 Å². The van der Waals surface area contributed by atoms with Gasteiger partial charge in [-0.15, -0.1) is 0 Å². The summed E-state index contributed by atoms with van der Waals surface area (Å²) >= 11 is 3.37. The quantitative estimate of drug-likeness (QED) is 0.332. The van der Waals surface area contributed by atoms with Crippen LogP contribution in [0.2, 0.25) is 0 Å². The van der Waals surface area contributed by atoms with Gasteiger partial charge in [0.2, 0.25) is 5.56 Å². The summed E-state index contributed by atoms with van der Waals surface area (Å²) < 4.78 is 5.45. The van der Waals surface area contributed by atoms with Gasteiger partial charge in [0, 0.05) is 55.7 Å². The molecule has 2 aliphatic rings. The molecule has 0 radical (unpaired) electrons. The summed E-state index contributed by atoms with van der Waals surface area (Å²) in [5.41, 5.74) is 3.48. The van der Waals surface area contributed by atoms with Crippen LogP contribution in [0.4, 0.5) is 11.4 Å². The number of nitrogens with one attached hydrogen (secondary N) is 2. The van der Waals surface area contributed by atoms with Gasteiger partial charge >= 0.3 is 0 Å². The van der Waals surface area contributed by atoms with Crippen molar-refractivity contribution >= 4 is 34.9 Å². The van der Waals surface area contributed by atoms with Crippen LogP contribution in [0.15, 0.2) is 72.9 Å². The minimum absolute atomic E-state index is 0.113. The number of benzene rings is 2. The Hall–Kier alpha value is -2.43. The molecule has 3 aromatic rings. The normalized spacial score (nSPS) is 15.3. The first-order chi connectivity index (χ1) is 16.1. The summed E-state index contributed by atoms with van der Waals surface area (Å²) in [6.07, 6.45) is 0. The van der Waals surface area contributed by atoms with Crippen LogP contribution in [0.1, 0.15) is 0 Å². The van der Waals surface area contributed by atoms with Gasteiger partial charge in [0.25, 0.3) is 0 Å². The van der Waals surface area contributed by atoms with Crippen molar-refractivity contribution in [2.75, 3.05) is 49.7 Å². The van der Waals surface area contributed by atoms with E-state index in [-0.39, 0.29) is 18.8 Å². The van der Waals surface area contributed by atoms with E-state index in [0.717, 1.165) is 55.3 Å². The second-order valence-electron chi connectivity index (χ2n) is 7.92. The zero-order chi connectivity index (χ0) is 22.8. The molecule has 33 heavy (non-hydrogen) atoms. The van der Waals surface area contributed by atoms with E-state index in [9.17, 15) is 15.0 Å². The number of fused-ring (bicyclic) bond motifs is 2. The third-order valence-electron chi connectivity index (χ3n) is 5.66. The molecule has 1 saturated heterocycles. The van der Waals surface area contributed by atoms with E-state index in [0.29, 0.717) is 13.2 Å². The molecule has 7 nitrogen and oxygen atoms in total. The van der Waals surface area contributed by atoms with Crippen LogP contribution in [-0.2, 0) is 4.74 Å². The monoisotopic (exact) mass is 483 g/mol. The maximum Gasteiger partial charge on any atom is 0.250 e. The zero-order valence-corrected chi connectivity index (χ0v) is 19.5. The number of ether oxygens (including phenoxy) is 1. The van der Waals surface area contributed by atoms with E-state index < -0.39 is 6.04 Å². The molecule has 0 spiro atoms. The topological polar surface area (TPSA) is 97.8 Å². The zero-order valence-electron chi connectivity index (χ0n) is 17.9. The van der Waals surface area contributed by atoms with Crippen molar-refractivity contribution < 1.29 is 14.9 Å². The predicted molar refractivity (Wildman–Crippen MR) is 132 cm³/mol. The average molecular weight is 484 g/mol. The Morgan fingerprint density at radius 3 is 2.61 bits per heavy atom. The lowest BCUT2D eigenvalue weighted by atomic mass is 10.1. The number of morpholine rings is 1. The van der Waals surface area contributed by atoms with Crippen LogP contribution in [-0.4, -0.2) is 60.8 Å². The van der Waals surface area contributed by atoms with Gasteiger partial charge in [0.05, 0.1) is 38.2 Å². The molecule has 9 heteroatoms. The van der Waals surface area contributed by atoms with Gasteiger partial charge in [-0.2, -0.15) is 0 Å². The molecule has 0 saturated carbocycles. The van der Waals surface area contributed by atoms with Crippen LogP contribution in [0.3, 0.4) is 0 Å². The van der Waals surface area contributed by atoms with E-state index in [1.165, 1.54) is 0 Å². The molecule has 3 heterocycles. The van der Waals surface area contributed by atoms with Crippen LogP contribution < -0.4 is 15.8 Å². The summed E-state index contributed by atoms with van der Waals surface area (Å²) in [7, 11) is 0. The lowest BCUT2D eigenvalue weighted by molar-refractivity contribution is 0.122. The largest absolute Gasteiger partial charge is 0.394 e. The van der Waals surface area contributed by atoms with E-state index in [1.54, 1.807) is 29.6 Å². The summed E-state index contributed by atoms with van der Waals surface area (Å²) in [5.74, 6) is 0. The highest BCUT2D eigenvalue weighted by Crippen LogP contribution is 2.52. The Bertz CT molecular complexity index is 1210. The summed E-state index contributed by atoms with van der Waals surface area (Å²) in [4.78, 5) is 22.2. The molecule has 2 aromatic carbocycles. The maximum absolute atomic E-state index is 12.5. The highest BCUT2D eigenvalue weighted by Gasteiger charge is 2.22. The lowest BCUT2D eigenvalue weighted by Gasteiger charge is -2.29. The molecular formula is C24H25N3O4S2. The van der Waals surface area contributed by atoms with Gasteiger partial charge in [-0.25, -0.2) is 0 Å². The number of aliphatic hydroxyl groups excluding tert-OH is 2. The maximum atomic E-state index is 12.5. The molecule has 0 aliphatic carbocycles. The molecule has 1 aromatic heterocycles. The molecule has 0 atom stereocenters. The number of pyridine rings is 1. The summed E-state index contributed by atoms with van der Waals surface area (Å²) in [6.45, 7) is 2.61. The van der Waals surface area contributed by atoms with E-state index in [1.807, 2.05) is 24.3 Å². The molecule has 0 unspecified atom stereocenters. The molecular weight excluding hydrogens is 458 g/mol. The van der Waals surface area contributed by atoms with Crippen molar-refractivity contribution in [2.45, 2.75) is 25.6 Å². The van der Waals surface area contributed by atoms with Crippen molar-refractivity contribution in [3.05, 3.63) is 58.9 Å². The highest BCUT2D eigenvalue weighted by atomic mass is 32.2. The second kappa shape index (κ2) is 9.82. The molecule has 4 N–H and O–H groups in total. The minimum atomic E-state index is -0.390. The number of hydrogen-bond acceptors (Lipinski definition) is 8. The number of H-pyrrole nitrogens is 1. The van der Waals surface area contributed by atoms with Gasteiger partial charge in [-0.05, 0) is 30.3 Å². The third kappa shape index (κ3) is 4.78. The molecule has 1 fully saturated rings. The lowest BCUT2D eigenvalue weighted by Crippen LogP contribution is -2.36. The number of aliphatic hydroxyl groups is 2. The van der Waals surface area contributed by atoms with Crippen molar-refractivity contribution in [3.8, 4) is 11.3 Å². The first kappa shape index (κ1) is 22.4. The number of rotatable bonds is 6. The van der Waals surface area contributed by atoms with Crippen molar-refractivity contribution in [3.63, 3.8) is 0 Å². The Labute approximate surface area is 200 Å². The molecule has 2 aliphatic heterocycles. The summed E-state index contributed by atoms with van der Waals surface area (Å²) in [5, 5.41) is 21.9. The Kier molecular flexibility index (Phi) is 6.66. The number of hydrogen-bond donors (Lipinski definition) is 4. The SMILES string of the molecule is O=c1cc(N2CCOCC2)cc(-c2cccc3c2Sc2ccc(NC(CO)CO)cc2S3)[nH]1. The van der Waals surface area contributed by atoms with E-state index in [2.05, 4.69) is 33.4 Å². The van der Waals surface area contributed by atoms with Crippen molar-refractivity contribution in [1.82, 2.24) is 4.98 Å². The number of aromatic nitrogens is 1. The van der Waals surface area contributed by atoms with Crippen LogP contribution >= 0.6 is 23.5 Å². The Morgan fingerprint density at radius 2 is 1.82 bits per heavy atom. The van der Waals surface area contributed by atoms with E-state index >= 15 is 0 Å². The molecule has 5 rings (SSSR count). The van der Waals surface area contributed by atoms with Crippen LogP contribution in [0.25, 0.3) is 11.3 Å². The van der Waals surface area contributed by atoms with Gasteiger partial charge in [0.15, 0.2) is 0 Å². The Balaban J connectivity index is 1.46. The average Bonchev–Trinajstić information content (AvgIpc) is 2.85. The van der Waals surface area contributed by atoms with E-state index in [4.69, 9.17) is 4.74 Å². The number of anilines is 2. The predicted octanol–water partition coefficient (Wildman–Crippen LogP) is 3.26. The fourth-order valence-corrected chi connectivity index (χ4v) is 6.38. The molecule has 172 valence electrons. The smallest absolute Gasteiger partial charge is 0.250 e. The number of nitrogens with zero attached hydrogens (tertiary/aromatic N) is 1. The first-order valence-corrected chi connectivity index (χ1v) is 12.5. The Morgan fingerprint density at radius 1 is 1.00 bits per heavy atom. The fraction of sp³-hybridized carbons (Fsp3) is 0.292. The van der Waals surface area contributed by atoms with Gasteiger partial charge in [-0.1, -0.05) is 35.7 Å². The van der Waals surface area contributed by atoms with Crippen molar-refractivity contribution in [2.24, 2.45) is 0 Å². The highest BCUT2D eigenvalue weighted by molar-refractivity contribution is 8.05. The molecule has 0 amide bonds. The standard InChI is InChI=1S/C24H25N3O4S2/c28-13-16(14-29)25-15-4-5-20-22(10-15)32-21-3-1-2-18(24(21)33-20)19-11-17(12-23(30)26-19)27-6-8-31-9-7-27/h1-5,10-12,16,25,28-29H,6-9,13-14H2,(H,26,30). The molecule has 0 bridgehead atoms. The second-order valence-corrected chi connectivity index (χ2v) is 10.1. The van der Waals surface area contributed by atoms with Crippen LogP contribution in [0.5, 0.6) is 0 Å². The number of aromatic amines is 1. The van der Waals surface area contributed by atoms with Gasteiger partial charge in [-0.3, -0.25) is 4.79 Å².